The van der Waals surface area contributed by atoms with Crippen LogP contribution >= 0.6 is 11.6 Å². The maximum Gasteiger partial charge on any atom is 0.233 e. The Bertz CT molecular complexity index is 949. The van der Waals surface area contributed by atoms with Crippen LogP contribution in [0.3, 0.4) is 0 Å². The number of benzene rings is 2. The van der Waals surface area contributed by atoms with Crippen molar-refractivity contribution < 1.29 is 4.79 Å². The van der Waals surface area contributed by atoms with Crippen molar-refractivity contribution in [3.63, 3.8) is 0 Å². The molecule has 4 nitrogen and oxygen atoms in total. The molecule has 27 heavy (non-hydrogen) atoms. The Kier molecular flexibility index (Phi) is 3.97. The number of hydrogen-bond acceptors (Lipinski definition) is 2. The molecule has 0 atom stereocenters. The minimum Gasteiger partial charge on any atom is -0.342 e. The van der Waals surface area contributed by atoms with Gasteiger partial charge in [-0.2, -0.15) is 0 Å². The van der Waals surface area contributed by atoms with Crippen LogP contribution in [0.2, 0.25) is 5.02 Å². The quantitative estimate of drug-likeness (QED) is 0.719. The average molecular weight is 380 g/mol. The number of H-pyrrole nitrogens is 1. The van der Waals surface area contributed by atoms with Crippen molar-refractivity contribution >= 4 is 28.5 Å². The third-order valence-electron chi connectivity index (χ3n) is 6.13. The van der Waals surface area contributed by atoms with Crippen LogP contribution in [-0.4, -0.2) is 33.9 Å². The number of rotatable bonds is 3. The van der Waals surface area contributed by atoms with Gasteiger partial charge in [-0.3, -0.25) is 4.79 Å². The predicted octanol–water partition coefficient (Wildman–Crippen LogP) is 4.65. The normalized spacial score (nSPS) is 19.4. The molecule has 1 saturated carbocycles. The number of carbonyl (C=O) groups excluding carboxylic acids is 1. The Labute approximate surface area is 163 Å². The van der Waals surface area contributed by atoms with Crippen LogP contribution in [0.4, 0.5) is 0 Å². The molecule has 1 amide bonds. The first-order valence-corrected chi connectivity index (χ1v) is 10.0. The Morgan fingerprint density at radius 3 is 2.44 bits per heavy atom. The summed E-state index contributed by atoms with van der Waals surface area (Å²) in [5.41, 5.74) is 2.91. The van der Waals surface area contributed by atoms with Crippen molar-refractivity contribution in [2.24, 2.45) is 0 Å². The first kappa shape index (κ1) is 16.8. The van der Waals surface area contributed by atoms with Crippen LogP contribution in [0.15, 0.2) is 48.5 Å². The molecule has 1 N–H and O–H groups in total. The number of halogens is 1. The fourth-order valence-electron chi connectivity index (χ4n) is 4.34. The molecule has 3 aromatic rings. The van der Waals surface area contributed by atoms with Gasteiger partial charge in [0.15, 0.2) is 0 Å². The number of likely N-dealkylation sites (tertiary alicyclic amines) is 1. The number of piperidine rings is 1. The molecule has 2 fully saturated rings. The van der Waals surface area contributed by atoms with Crippen molar-refractivity contribution in [3.8, 4) is 0 Å². The fraction of sp³-hybridized carbons (Fsp3) is 0.364. The van der Waals surface area contributed by atoms with Gasteiger partial charge in [0.1, 0.15) is 5.82 Å². The highest BCUT2D eigenvalue weighted by Gasteiger charge is 2.53. The third-order valence-corrected chi connectivity index (χ3v) is 6.38. The van der Waals surface area contributed by atoms with E-state index in [1.54, 1.807) is 0 Å². The van der Waals surface area contributed by atoms with E-state index in [1.165, 1.54) is 0 Å². The summed E-state index contributed by atoms with van der Waals surface area (Å²) in [6.07, 6.45) is 3.80. The molecular formula is C22H22ClN3O. The van der Waals surface area contributed by atoms with E-state index >= 15 is 0 Å². The molecule has 0 bridgehead atoms. The summed E-state index contributed by atoms with van der Waals surface area (Å²) in [5.74, 6) is 1.74. The van der Waals surface area contributed by atoms with E-state index in [2.05, 4.69) is 16.0 Å². The van der Waals surface area contributed by atoms with Crippen LogP contribution in [0.25, 0.3) is 11.0 Å². The second-order valence-corrected chi connectivity index (χ2v) is 8.23. The summed E-state index contributed by atoms with van der Waals surface area (Å²) in [6, 6.07) is 15.9. The molecule has 2 heterocycles. The van der Waals surface area contributed by atoms with E-state index in [1.807, 2.05) is 42.5 Å². The van der Waals surface area contributed by atoms with E-state index in [0.29, 0.717) is 10.9 Å². The van der Waals surface area contributed by atoms with Crippen molar-refractivity contribution in [1.82, 2.24) is 14.9 Å². The lowest BCUT2D eigenvalue weighted by atomic mass is 9.91. The third kappa shape index (κ3) is 2.92. The van der Waals surface area contributed by atoms with Gasteiger partial charge in [-0.25, -0.2) is 4.98 Å². The highest BCUT2D eigenvalue weighted by atomic mass is 35.5. The number of nitrogens with zero attached hydrogens (tertiary/aromatic N) is 2. The fourth-order valence-corrected chi connectivity index (χ4v) is 4.47. The van der Waals surface area contributed by atoms with E-state index in [4.69, 9.17) is 16.6 Å². The molecule has 5 rings (SSSR count). The number of nitrogens with one attached hydrogen (secondary N) is 1. The predicted molar refractivity (Wildman–Crippen MR) is 107 cm³/mol. The Morgan fingerprint density at radius 1 is 1.07 bits per heavy atom. The summed E-state index contributed by atoms with van der Waals surface area (Å²) in [4.78, 5) is 23.5. The van der Waals surface area contributed by atoms with E-state index < -0.39 is 0 Å². The highest BCUT2D eigenvalue weighted by Crippen LogP contribution is 2.50. The molecular weight excluding hydrogens is 358 g/mol. The summed E-state index contributed by atoms with van der Waals surface area (Å²) in [7, 11) is 0. The summed E-state index contributed by atoms with van der Waals surface area (Å²) in [6.45, 7) is 1.60. The number of carbonyl (C=O) groups is 1. The van der Waals surface area contributed by atoms with Crippen LogP contribution in [0.1, 0.15) is 43.0 Å². The number of para-hydroxylation sites is 2. The van der Waals surface area contributed by atoms with Gasteiger partial charge in [0.05, 0.1) is 16.4 Å². The number of imidazole rings is 1. The van der Waals surface area contributed by atoms with Gasteiger partial charge in [0.2, 0.25) is 5.91 Å². The van der Waals surface area contributed by atoms with Gasteiger partial charge in [-0.05, 0) is 55.5 Å². The molecule has 1 aliphatic carbocycles. The molecule has 0 radical (unpaired) electrons. The van der Waals surface area contributed by atoms with Crippen molar-refractivity contribution in [2.75, 3.05) is 13.1 Å². The molecule has 2 aromatic carbocycles. The lowest BCUT2D eigenvalue weighted by Gasteiger charge is -2.34. The first-order chi connectivity index (χ1) is 13.2. The summed E-state index contributed by atoms with van der Waals surface area (Å²) in [5, 5.41) is 0.716. The maximum atomic E-state index is 13.2. The van der Waals surface area contributed by atoms with E-state index in [0.717, 1.165) is 61.2 Å². The molecule has 0 spiro atoms. The molecule has 0 unspecified atom stereocenters. The number of fused-ring (bicyclic) bond motifs is 1. The zero-order valence-electron chi connectivity index (χ0n) is 15.1. The molecule has 5 heteroatoms. The molecule has 2 aliphatic rings. The van der Waals surface area contributed by atoms with Gasteiger partial charge in [-0.15, -0.1) is 0 Å². The summed E-state index contributed by atoms with van der Waals surface area (Å²) < 4.78 is 0. The lowest BCUT2D eigenvalue weighted by molar-refractivity contribution is -0.135. The molecule has 1 saturated heterocycles. The van der Waals surface area contributed by atoms with Gasteiger partial charge in [-0.1, -0.05) is 35.9 Å². The largest absolute Gasteiger partial charge is 0.342 e. The number of hydrogen-bond donors (Lipinski definition) is 1. The van der Waals surface area contributed by atoms with Gasteiger partial charge < -0.3 is 9.88 Å². The van der Waals surface area contributed by atoms with Crippen LogP contribution in [0, 0.1) is 0 Å². The minimum absolute atomic E-state index is 0.285. The molecule has 1 aromatic heterocycles. The second kappa shape index (κ2) is 6.38. The maximum absolute atomic E-state index is 13.2. The second-order valence-electron chi connectivity index (χ2n) is 7.79. The Balaban J connectivity index is 1.29. The van der Waals surface area contributed by atoms with Crippen molar-refractivity contribution in [1.29, 1.82) is 0 Å². The standard InChI is InChI=1S/C22H22ClN3O/c23-17-7-5-16(6-8-17)22(11-12-22)21(27)26-13-9-15(10-14-26)20-24-18-3-1-2-4-19(18)25-20/h1-8,15H,9-14H2,(H,24,25). The van der Waals surface area contributed by atoms with Crippen LogP contribution in [-0.2, 0) is 10.2 Å². The zero-order valence-corrected chi connectivity index (χ0v) is 15.9. The summed E-state index contributed by atoms with van der Waals surface area (Å²) >= 11 is 6.01. The van der Waals surface area contributed by atoms with Gasteiger partial charge >= 0.3 is 0 Å². The molecule has 138 valence electrons. The number of aromatic amines is 1. The Hall–Kier alpha value is -2.33. The number of aromatic nitrogens is 2. The average Bonchev–Trinajstić information content (AvgIpc) is 3.40. The van der Waals surface area contributed by atoms with Gasteiger partial charge in [0.25, 0.3) is 0 Å². The minimum atomic E-state index is -0.309. The lowest BCUT2D eigenvalue weighted by Crippen LogP contribution is -2.43. The van der Waals surface area contributed by atoms with Crippen LogP contribution < -0.4 is 0 Å². The highest BCUT2D eigenvalue weighted by molar-refractivity contribution is 6.30. The van der Waals surface area contributed by atoms with E-state index in [9.17, 15) is 4.79 Å². The van der Waals surface area contributed by atoms with Crippen molar-refractivity contribution in [2.45, 2.75) is 37.0 Å². The van der Waals surface area contributed by atoms with E-state index in [-0.39, 0.29) is 11.3 Å². The Morgan fingerprint density at radius 2 is 1.78 bits per heavy atom. The first-order valence-electron chi connectivity index (χ1n) is 9.66. The smallest absolute Gasteiger partial charge is 0.233 e. The van der Waals surface area contributed by atoms with Crippen LogP contribution in [0.5, 0.6) is 0 Å². The zero-order chi connectivity index (χ0) is 18.4. The topological polar surface area (TPSA) is 49.0 Å². The molecule has 1 aliphatic heterocycles. The van der Waals surface area contributed by atoms with Gasteiger partial charge in [0, 0.05) is 24.0 Å². The SMILES string of the molecule is O=C(N1CCC(c2nc3ccccc3[nH]2)CC1)C1(c2ccc(Cl)cc2)CC1. The number of amides is 1. The van der Waals surface area contributed by atoms with Crippen molar-refractivity contribution in [3.05, 3.63) is 64.9 Å². The monoisotopic (exact) mass is 379 g/mol.